The molecular weight excluding hydrogens is 297 g/mol. The highest BCUT2D eigenvalue weighted by Gasteiger charge is 2.18. The Balaban J connectivity index is 2.90. The highest BCUT2D eigenvalue weighted by atomic mass is 35.5. The van der Waals surface area contributed by atoms with E-state index in [4.69, 9.17) is 22.5 Å². The molecule has 0 unspecified atom stereocenters. The molecule has 1 amide bonds. The van der Waals surface area contributed by atoms with Gasteiger partial charge >= 0.3 is 0 Å². The lowest BCUT2D eigenvalue weighted by atomic mass is 10.1. The first kappa shape index (κ1) is 17.2. The first-order chi connectivity index (χ1) is 9.85. The van der Waals surface area contributed by atoms with Gasteiger partial charge in [-0.1, -0.05) is 30.6 Å². The van der Waals surface area contributed by atoms with E-state index in [0.29, 0.717) is 18.7 Å². The van der Waals surface area contributed by atoms with Crippen molar-refractivity contribution in [2.75, 3.05) is 13.1 Å². The topological polar surface area (TPSA) is 78.9 Å². The standard InChI is InChI=1S/C14H19ClFN3O2/c1-9(2)8-19(6-5-13(17)18-21)14(20)10-3-4-12(16)11(15)7-10/h3-4,7,9,21H,5-6,8H2,1-2H3,(H2,17,18). The van der Waals surface area contributed by atoms with Gasteiger partial charge in [0.1, 0.15) is 11.7 Å². The van der Waals surface area contributed by atoms with Crippen LogP contribution in [0.4, 0.5) is 4.39 Å². The lowest BCUT2D eigenvalue weighted by molar-refractivity contribution is 0.0740. The Bertz CT molecular complexity index is 535. The summed E-state index contributed by atoms with van der Waals surface area (Å²) in [6, 6.07) is 3.85. The number of nitrogens with two attached hydrogens (primary N) is 1. The molecule has 0 atom stereocenters. The van der Waals surface area contributed by atoms with Gasteiger partial charge in [0, 0.05) is 25.1 Å². The number of hydrogen-bond acceptors (Lipinski definition) is 3. The molecule has 0 fully saturated rings. The maximum atomic E-state index is 13.2. The van der Waals surface area contributed by atoms with Gasteiger partial charge in [-0.3, -0.25) is 4.79 Å². The molecule has 7 heteroatoms. The molecule has 0 bridgehead atoms. The zero-order valence-corrected chi connectivity index (χ0v) is 12.8. The average molecular weight is 316 g/mol. The molecule has 5 nitrogen and oxygen atoms in total. The molecule has 1 aromatic rings. The molecule has 3 N–H and O–H groups in total. The SMILES string of the molecule is CC(C)CN(CC/C(N)=N/O)C(=O)c1ccc(F)c(Cl)c1. The summed E-state index contributed by atoms with van der Waals surface area (Å²) in [5, 5.41) is 11.3. The van der Waals surface area contributed by atoms with Crippen LogP contribution in [0.25, 0.3) is 0 Å². The lowest BCUT2D eigenvalue weighted by Gasteiger charge is -2.24. The van der Waals surface area contributed by atoms with Gasteiger partial charge in [-0.2, -0.15) is 0 Å². The van der Waals surface area contributed by atoms with Gasteiger partial charge in [-0.15, -0.1) is 0 Å². The van der Waals surface area contributed by atoms with Crippen LogP contribution in [0.2, 0.25) is 5.02 Å². The van der Waals surface area contributed by atoms with Gasteiger partial charge in [0.05, 0.1) is 5.02 Å². The van der Waals surface area contributed by atoms with Crippen molar-refractivity contribution in [3.63, 3.8) is 0 Å². The third kappa shape index (κ3) is 5.23. The summed E-state index contributed by atoms with van der Waals surface area (Å²) >= 11 is 5.70. The molecule has 0 heterocycles. The van der Waals surface area contributed by atoms with Gasteiger partial charge in [0.2, 0.25) is 0 Å². The number of hydrogen-bond donors (Lipinski definition) is 2. The van der Waals surface area contributed by atoms with Gasteiger partial charge < -0.3 is 15.8 Å². The third-order valence-electron chi connectivity index (χ3n) is 2.81. The van der Waals surface area contributed by atoms with E-state index in [1.807, 2.05) is 13.8 Å². The van der Waals surface area contributed by atoms with Gasteiger partial charge in [0.15, 0.2) is 0 Å². The Labute approximate surface area is 128 Å². The zero-order valence-electron chi connectivity index (χ0n) is 12.0. The van der Waals surface area contributed by atoms with Crippen molar-refractivity contribution in [1.82, 2.24) is 4.90 Å². The number of rotatable bonds is 6. The van der Waals surface area contributed by atoms with Crippen LogP contribution in [0.1, 0.15) is 30.6 Å². The van der Waals surface area contributed by atoms with Crippen molar-refractivity contribution in [2.24, 2.45) is 16.8 Å². The van der Waals surface area contributed by atoms with E-state index in [0.717, 1.165) is 6.07 Å². The van der Waals surface area contributed by atoms with Crippen molar-refractivity contribution < 1.29 is 14.4 Å². The third-order valence-corrected chi connectivity index (χ3v) is 3.10. The van der Waals surface area contributed by atoms with Crippen molar-refractivity contribution >= 4 is 23.3 Å². The van der Waals surface area contributed by atoms with Crippen LogP contribution >= 0.6 is 11.6 Å². The first-order valence-electron chi connectivity index (χ1n) is 6.55. The number of nitrogens with zero attached hydrogens (tertiary/aromatic N) is 2. The number of amidine groups is 1. The Morgan fingerprint density at radius 3 is 2.71 bits per heavy atom. The van der Waals surface area contributed by atoms with Crippen molar-refractivity contribution in [3.05, 3.63) is 34.6 Å². The number of benzene rings is 1. The largest absolute Gasteiger partial charge is 0.409 e. The van der Waals surface area contributed by atoms with Crippen LogP contribution in [-0.2, 0) is 0 Å². The molecule has 21 heavy (non-hydrogen) atoms. The minimum absolute atomic E-state index is 0.0497. The minimum atomic E-state index is -0.569. The van der Waals surface area contributed by atoms with Crippen LogP contribution in [0, 0.1) is 11.7 Å². The maximum absolute atomic E-state index is 13.2. The highest BCUT2D eigenvalue weighted by molar-refractivity contribution is 6.31. The number of amides is 1. The number of carbonyl (C=O) groups is 1. The normalized spacial score (nSPS) is 11.8. The van der Waals surface area contributed by atoms with Crippen molar-refractivity contribution in [1.29, 1.82) is 0 Å². The smallest absolute Gasteiger partial charge is 0.253 e. The molecule has 0 radical (unpaired) electrons. The van der Waals surface area contributed by atoms with Gasteiger partial charge in [-0.05, 0) is 24.1 Å². The van der Waals surface area contributed by atoms with Crippen LogP contribution in [-0.4, -0.2) is 34.9 Å². The van der Waals surface area contributed by atoms with Crippen molar-refractivity contribution in [2.45, 2.75) is 20.3 Å². The number of halogens is 2. The summed E-state index contributed by atoms with van der Waals surface area (Å²) in [6.07, 6.45) is 0.254. The van der Waals surface area contributed by atoms with E-state index in [1.165, 1.54) is 12.1 Å². The zero-order chi connectivity index (χ0) is 16.0. The second kappa shape index (κ2) is 7.83. The predicted octanol–water partition coefficient (Wildman–Crippen LogP) is 2.71. The Morgan fingerprint density at radius 2 is 2.19 bits per heavy atom. The fraction of sp³-hybridized carbons (Fsp3) is 0.429. The molecule has 0 spiro atoms. The summed E-state index contributed by atoms with van der Waals surface area (Å²) in [7, 11) is 0. The molecule has 1 rings (SSSR count). The van der Waals surface area contributed by atoms with Crippen molar-refractivity contribution in [3.8, 4) is 0 Å². The van der Waals surface area contributed by atoms with Gasteiger partial charge in [-0.25, -0.2) is 4.39 Å². The number of carbonyl (C=O) groups excluding carboxylic acids is 1. The van der Waals surface area contributed by atoms with E-state index < -0.39 is 5.82 Å². The summed E-state index contributed by atoms with van der Waals surface area (Å²) in [4.78, 5) is 14.0. The van der Waals surface area contributed by atoms with E-state index in [2.05, 4.69) is 5.16 Å². The molecular formula is C14H19ClFN3O2. The predicted molar refractivity (Wildman–Crippen MR) is 80.2 cm³/mol. The molecule has 0 saturated heterocycles. The van der Waals surface area contributed by atoms with Crippen LogP contribution in [0.15, 0.2) is 23.4 Å². The molecule has 0 aliphatic carbocycles. The van der Waals surface area contributed by atoms with E-state index in [-0.39, 0.29) is 29.1 Å². The highest BCUT2D eigenvalue weighted by Crippen LogP contribution is 2.18. The Morgan fingerprint density at radius 1 is 1.52 bits per heavy atom. The molecule has 0 aliphatic rings. The van der Waals surface area contributed by atoms with Crippen LogP contribution in [0.5, 0.6) is 0 Å². The quantitative estimate of drug-likeness (QED) is 0.366. The summed E-state index contributed by atoms with van der Waals surface area (Å²) in [5.41, 5.74) is 5.73. The lowest BCUT2D eigenvalue weighted by Crippen LogP contribution is -2.36. The summed E-state index contributed by atoms with van der Waals surface area (Å²) < 4.78 is 13.2. The Hall–Kier alpha value is -1.82. The van der Waals surface area contributed by atoms with Crippen LogP contribution in [0.3, 0.4) is 0 Å². The van der Waals surface area contributed by atoms with E-state index in [9.17, 15) is 9.18 Å². The second-order valence-corrected chi connectivity index (χ2v) is 5.52. The molecule has 1 aromatic carbocycles. The van der Waals surface area contributed by atoms with Gasteiger partial charge in [0.25, 0.3) is 5.91 Å². The van der Waals surface area contributed by atoms with E-state index >= 15 is 0 Å². The summed E-state index contributed by atoms with van der Waals surface area (Å²) in [5.74, 6) is -0.539. The summed E-state index contributed by atoms with van der Waals surface area (Å²) in [6.45, 7) is 4.76. The monoisotopic (exact) mass is 315 g/mol. The van der Waals surface area contributed by atoms with Crippen LogP contribution < -0.4 is 5.73 Å². The van der Waals surface area contributed by atoms with E-state index in [1.54, 1.807) is 4.90 Å². The Kier molecular flexibility index (Phi) is 6.42. The molecule has 116 valence electrons. The average Bonchev–Trinajstić information content (AvgIpc) is 2.44. The first-order valence-corrected chi connectivity index (χ1v) is 6.93. The fourth-order valence-electron chi connectivity index (χ4n) is 1.83. The number of oxime groups is 1. The molecule has 0 aromatic heterocycles. The fourth-order valence-corrected chi connectivity index (χ4v) is 2.01. The second-order valence-electron chi connectivity index (χ2n) is 5.12. The minimum Gasteiger partial charge on any atom is -0.409 e. The molecule has 0 saturated carbocycles. The maximum Gasteiger partial charge on any atom is 0.253 e. The molecule has 0 aliphatic heterocycles.